The Kier molecular flexibility index (Phi) is 11.2. The number of aromatic hydroxyl groups is 1. The molecule has 0 radical (unpaired) electrons. The highest BCUT2D eigenvalue weighted by molar-refractivity contribution is 5.79. The summed E-state index contributed by atoms with van der Waals surface area (Å²) in [6, 6.07) is 14.0. The molecule has 1 unspecified atom stereocenters. The molecule has 0 saturated heterocycles. The van der Waals surface area contributed by atoms with Gasteiger partial charge in [0.2, 0.25) is 5.91 Å². The first kappa shape index (κ1) is 24.5. The van der Waals surface area contributed by atoms with E-state index < -0.39 is 6.10 Å². The molecule has 0 heterocycles. The maximum Gasteiger partial charge on any atom is 0.224 e. The molecular weight excluding hydrogens is 400 g/mol. The van der Waals surface area contributed by atoms with E-state index in [0.29, 0.717) is 50.8 Å². The van der Waals surface area contributed by atoms with Crippen LogP contribution < -0.4 is 20.1 Å². The first-order chi connectivity index (χ1) is 15.1. The molecular formula is C23H32N2O6. The van der Waals surface area contributed by atoms with Gasteiger partial charge in [-0.15, -0.1) is 0 Å². The topological polar surface area (TPSA) is 109 Å². The van der Waals surface area contributed by atoms with Crippen molar-refractivity contribution in [1.29, 1.82) is 0 Å². The number of benzene rings is 2. The number of hydrogen-bond donors (Lipinski definition) is 4. The average Bonchev–Trinajstić information content (AvgIpc) is 2.77. The molecule has 2 aromatic rings. The van der Waals surface area contributed by atoms with Crippen LogP contribution in [0, 0.1) is 0 Å². The Morgan fingerprint density at radius 2 is 1.71 bits per heavy atom. The van der Waals surface area contributed by atoms with E-state index in [9.17, 15) is 15.0 Å². The van der Waals surface area contributed by atoms with Gasteiger partial charge in [-0.1, -0.05) is 18.2 Å². The predicted octanol–water partition coefficient (Wildman–Crippen LogP) is 1.50. The summed E-state index contributed by atoms with van der Waals surface area (Å²) in [5, 5.41) is 25.6. The van der Waals surface area contributed by atoms with Gasteiger partial charge in [-0.25, -0.2) is 0 Å². The number of amides is 1. The van der Waals surface area contributed by atoms with Gasteiger partial charge in [0.1, 0.15) is 36.6 Å². The minimum absolute atomic E-state index is 0.114. The predicted molar refractivity (Wildman–Crippen MR) is 118 cm³/mol. The fourth-order valence-corrected chi connectivity index (χ4v) is 2.70. The number of hydrogen-bond acceptors (Lipinski definition) is 7. The third-order valence-electron chi connectivity index (χ3n) is 4.31. The molecule has 2 aromatic carbocycles. The molecule has 0 aliphatic carbocycles. The lowest BCUT2D eigenvalue weighted by molar-refractivity contribution is -0.120. The van der Waals surface area contributed by atoms with Gasteiger partial charge in [-0.3, -0.25) is 4.79 Å². The molecule has 4 N–H and O–H groups in total. The summed E-state index contributed by atoms with van der Waals surface area (Å²) in [5.74, 6) is 1.33. The van der Waals surface area contributed by atoms with Gasteiger partial charge in [0.05, 0.1) is 13.0 Å². The van der Waals surface area contributed by atoms with Crippen LogP contribution in [0.2, 0.25) is 0 Å². The Balaban J connectivity index is 1.53. The third kappa shape index (κ3) is 10.2. The zero-order chi connectivity index (χ0) is 22.3. The van der Waals surface area contributed by atoms with Crippen LogP contribution in [-0.4, -0.2) is 68.3 Å². The zero-order valence-corrected chi connectivity index (χ0v) is 17.9. The Bertz CT molecular complexity index is 769. The van der Waals surface area contributed by atoms with E-state index in [1.165, 1.54) is 0 Å². The van der Waals surface area contributed by atoms with E-state index >= 15 is 0 Å². The molecule has 0 bridgehead atoms. The number of carbonyl (C=O) groups is 1. The molecule has 0 aliphatic heterocycles. The second-order valence-corrected chi connectivity index (χ2v) is 6.84. The van der Waals surface area contributed by atoms with Gasteiger partial charge in [0, 0.05) is 31.8 Å². The van der Waals surface area contributed by atoms with E-state index in [1.807, 2.05) is 19.1 Å². The molecule has 1 atom stereocenters. The Labute approximate surface area is 183 Å². The number of phenolic OH excluding ortho intramolecular Hbond substituents is 1. The zero-order valence-electron chi connectivity index (χ0n) is 17.9. The lowest BCUT2D eigenvalue weighted by Crippen LogP contribution is -2.37. The minimum Gasteiger partial charge on any atom is -0.508 e. The molecule has 8 heteroatoms. The van der Waals surface area contributed by atoms with Gasteiger partial charge in [0.25, 0.3) is 0 Å². The molecule has 31 heavy (non-hydrogen) atoms. The highest BCUT2D eigenvalue weighted by Crippen LogP contribution is 2.18. The van der Waals surface area contributed by atoms with Gasteiger partial charge in [-0.2, -0.15) is 0 Å². The number of para-hydroxylation sites is 1. The summed E-state index contributed by atoms with van der Waals surface area (Å²) < 4.78 is 16.3. The van der Waals surface area contributed by atoms with Crippen molar-refractivity contribution < 1.29 is 29.2 Å². The summed E-state index contributed by atoms with van der Waals surface area (Å²) >= 11 is 0. The normalized spacial score (nSPS) is 11.7. The van der Waals surface area contributed by atoms with Crippen molar-refractivity contribution in [2.45, 2.75) is 19.4 Å². The summed E-state index contributed by atoms with van der Waals surface area (Å²) in [6.45, 7) is 5.07. The summed E-state index contributed by atoms with van der Waals surface area (Å²) in [5.41, 5.74) is 0.589. The van der Waals surface area contributed by atoms with E-state index in [0.717, 1.165) is 5.75 Å². The highest BCUT2D eigenvalue weighted by atomic mass is 16.5. The van der Waals surface area contributed by atoms with Crippen molar-refractivity contribution in [1.82, 2.24) is 10.6 Å². The summed E-state index contributed by atoms with van der Waals surface area (Å²) in [7, 11) is 0. The first-order valence-electron chi connectivity index (χ1n) is 10.4. The van der Waals surface area contributed by atoms with Crippen molar-refractivity contribution in [3.05, 3.63) is 54.1 Å². The number of nitrogens with one attached hydrogen (secondary N) is 2. The van der Waals surface area contributed by atoms with E-state index in [1.54, 1.807) is 36.4 Å². The molecule has 0 spiro atoms. The maximum atomic E-state index is 11.9. The van der Waals surface area contributed by atoms with Crippen LogP contribution in [0.3, 0.4) is 0 Å². The van der Waals surface area contributed by atoms with Gasteiger partial charge in [0.15, 0.2) is 0 Å². The Morgan fingerprint density at radius 3 is 2.42 bits per heavy atom. The second kappa shape index (κ2) is 14.2. The van der Waals surface area contributed by atoms with Crippen molar-refractivity contribution >= 4 is 5.91 Å². The number of aliphatic hydroxyl groups excluding tert-OH is 1. The van der Waals surface area contributed by atoms with Crippen molar-refractivity contribution in [2.75, 3.05) is 46.1 Å². The molecule has 0 fully saturated rings. The number of aliphatic hydroxyl groups is 1. The molecule has 1 amide bonds. The van der Waals surface area contributed by atoms with E-state index in [4.69, 9.17) is 14.2 Å². The van der Waals surface area contributed by atoms with Crippen LogP contribution in [0.1, 0.15) is 12.5 Å². The molecule has 0 aromatic heterocycles. The fourth-order valence-electron chi connectivity index (χ4n) is 2.70. The first-order valence-corrected chi connectivity index (χ1v) is 10.4. The number of ether oxygens (including phenoxy) is 3. The molecule has 2 rings (SSSR count). The number of phenols is 1. The standard InChI is InChI=1S/C23H32N2O6/c1-2-29-13-14-30-20-7-9-21(10-8-20)31-17-19(26)16-24-11-12-25-23(28)15-18-5-3-4-6-22(18)27/h3-10,19,24,26-27H,2,11-17H2,1H3,(H,25,28). The quantitative estimate of drug-likeness (QED) is 0.316. The SMILES string of the molecule is CCOCCOc1ccc(OCC(O)CNCCNC(=O)Cc2ccccc2O)cc1. The maximum absolute atomic E-state index is 11.9. The largest absolute Gasteiger partial charge is 0.508 e. The molecule has 170 valence electrons. The van der Waals surface area contributed by atoms with Crippen LogP contribution in [0.15, 0.2) is 48.5 Å². The summed E-state index contributed by atoms with van der Waals surface area (Å²) in [4.78, 5) is 11.9. The molecule has 0 saturated carbocycles. The number of carbonyl (C=O) groups excluding carboxylic acids is 1. The monoisotopic (exact) mass is 432 g/mol. The minimum atomic E-state index is -0.681. The van der Waals surface area contributed by atoms with E-state index in [2.05, 4.69) is 10.6 Å². The van der Waals surface area contributed by atoms with Crippen molar-refractivity contribution in [3.63, 3.8) is 0 Å². The van der Waals surface area contributed by atoms with Crippen LogP contribution in [0.5, 0.6) is 17.2 Å². The Hall–Kier alpha value is -2.81. The van der Waals surface area contributed by atoms with Crippen LogP contribution in [0.4, 0.5) is 0 Å². The molecule has 8 nitrogen and oxygen atoms in total. The van der Waals surface area contributed by atoms with Crippen LogP contribution in [-0.2, 0) is 16.0 Å². The van der Waals surface area contributed by atoms with Gasteiger partial charge in [-0.05, 0) is 37.3 Å². The van der Waals surface area contributed by atoms with Crippen LogP contribution in [0.25, 0.3) is 0 Å². The van der Waals surface area contributed by atoms with Gasteiger partial charge >= 0.3 is 0 Å². The molecule has 0 aliphatic rings. The second-order valence-electron chi connectivity index (χ2n) is 6.84. The van der Waals surface area contributed by atoms with E-state index in [-0.39, 0.29) is 24.7 Å². The smallest absolute Gasteiger partial charge is 0.224 e. The fraction of sp³-hybridized carbons (Fsp3) is 0.435. The lowest BCUT2D eigenvalue weighted by Gasteiger charge is -2.14. The lowest BCUT2D eigenvalue weighted by atomic mass is 10.1. The van der Waals surface area contributed by atoms with Crippen LogP contribution >= 0.6 is 0 Å². The average molecular weight is 433 g/mol. The van der Waals surface area contributed by atoms with Crippen molar-refractivity contribution in [2.24, 2.45) is 0 Å². The number of rotatable bonds is 15. The summed E-state index contributed by atoms with van der Waals surface area (Å²) in [6.07, 6.45) is -0.557. The van der Waals surface area contributed by atoms with Crippen molar-refractivity contribution in [3.8, 4) is 17.2 Å². The highest BCUT2D eigenvalue weighted by Gasteiger charge is 2.08. The third-order valence-corrected chi connectivity index (χ3v) is 4.31. The Morgan fingerprint density at radius 1 is 1.00 bits per heavy atom. The van der Waals surface area contributed by atoms with Gasteiger partial charge < -0.3 is 35.1 Å².